The summed E-state index contributed by atoms with van der Waals surface area (Å²) in [7, 11) is 0. The summed E-state index contributed by atoms with van der Waals surface area (Å²) in [6.07, 6.45) is 1.96. The van der Waals surface area contributed by atoms with Gasteiger partial charge in [0.1, 0.15) is 0 Å². The van der Waals surface area contributed by atoms with Crippen molar-refractivity contribution in [3.63, 3.8) is 0 Å². The molecule has 0 saturated heterocycles. The lowest BCUT2D eigenvalue weighted by atomic mass is 10.0. The van der Waals surface area contributed by atoms with Crippen molar-refractivity contribution in [3.8, 4) is 0 Å². The maximum Gasteiger partial charge on any atom is 0.0435 e. The molecule has 0 fully saturated rings. The van der Waals surface area contributed by atoms with Crippen LogP contribution in [0.15, 0.2) is 42.5 Å². The number of halogens is 1. The molecule has 0 aliphatic carbocycles. The zero-order valence-corrected chi connectivity index (χ0v) is 15.4. The van der Waals surface area contributed by atoms with Crippen molar-refractivity contribution in [1.82, 2.24) is 0 Å². The largest absolute Gasteiger partial charge is 0.324 e. The Morgan fingerprint density at radius 1 is 0.870 bits per heavy atom. The molecule has 23 heavy (non-hydrogen) atoms. The third-order valence-electron chi connectivity index (χ3n) is 3.96. The van der Waals surface area contributed by atoms with E-state index in [4.69, 9.17) is 23.1 Å². The number of benzene rings is 2. The van der Waals surface area contributed by atoms with Gasteiger partial charge in [0.25, 0.3) is 0 Å². The fraction of sp³-hybridized carbons (Fsp3) is 0.400. The highest BCUT2D eigenvalue weighted by molar-refractivity contribution is 6.31. The molecule has 2 atom stereocenters. The molecule has 0 aliphatic heterocycles. The summed E-state index contributed by atoms with van der Waals surface area (Å²) in [6.45, 7) is 8.27. The van der Waals surface area contributed by atoms with E-state index < -0.39 is 0 Å². The van der Waals surface area contributed by atoms with Gasteiger partial charge in [-0.05, 0) is 49.4 Å². The summed E-state index contributed by atoms with van der Waals surface area (Å²) in [5, 5.41) is 0.807. The molecule has 126 valence electrons. The van der Waals surface area contributed by atoms with Crippen LogP contribution in [0.4, 0.5) is 0 Å². The maximum absolute atomic E-state index is 5.89. The van der Waals surface area contributed by atoms with Crippen LogP contribution in [-0.2, 0) is 0 Å². The van der Waals surface area contributed by atoms with Crippen molar-refractivity contribution >= 4 is 11.6 Å². The molecular formula is C20H29ClN2. The first-order chi connectivity index (χ1) is 10.9. The summed E-state index contributed by atoms with van der Waals surface area (Å²) in [5.74, 6) is 0. The van der Waals surface area contributed by atoms with Crippen LogP contribution in [0.3, 0.4) is 0 Å². The highest BCUT2D eigenvalue weighted by Gasteiger charge is 2.04. The molecule has 0 bridgehead atoms. The smallest absolute Gasteiger partial charge is 0.0435 e. The van der Waals surface area contributed by atoms with Gasteiger partial charge in [-0.2, -0.15) is 0 Å². The van der Waals surface area contributed by atoms with Gasteiger partial charge in [0, 0.05) is 17.1 Å². The molecule has 0 radical (unpaired) electrons. The molecule has 4 N–H and O–H groups in total. The lowest BCUT2D eigenvalue weighted by Crippen LogP contribution is -2.08. The highest BCUT2D eigenvalue weighted by atomic mass is 35.5. The Morgan fingerprint density at radius 2 is 1.43 bits per heavy atom. The van der Waals surface area contributed by atoms with Gasteiger partial charge in [-0.25, -0.2) is 0 Å². The molecular weight excluding hydrogens is 304 g/mol. The van der Waals surface area contributed by atoms with E-state index in [1.165, 1.54) is 16.7 Å². The molecule has 0 spiro atoms. The molecule has 2 aromatic rings. The SMILES string of the molecule is CC[C@H](N)c1ccc(Cl)c(C)c1.CC[C@H](N)c1cccc(C)c1. The Morgan fingerprint density at radius 3 is 1.91 bits per heavy atom. The molecule has 0 aliphatic rings. The first kappa shape index (κ1) is 19.7. The predicted molar refractivity (Wildman–Crippen MR) is 102 cm³/mol. The summed E-state index contributed by atoms with van der Waals surface area (Å²) in [6, 6.07) is 14.7. The van der Waals surface area contributed by atoms with E-state index in [0.717, 1.165) is 23.4 Å². The maximum atomic E-state index is 5.89. The van der Waals surface area contributed by atoms with Crippen LogP contribution >= 0.6 is 11.6 Å². The van der Waals surface area contributed by atoms with Gasteiger partial charge in [0.05, 0.1) is 0 Å². The van der Waals surface area contributed by atoms with Gasteiger partial charge in [-0.15, -0.1) is 0 Å². The number of hydrogen-bond donors (Lipinski definition) is 2. The summed E-state index contributed by atoms with van der Waals surface area (Å²) >= 11 is 5.89. The molecule has 0 saturated carbocycles. The third-order valence-corrected chi connectivity index (χ3v) is 4.38. The first-order valence-corrected chi connectivity index (χ1v) is 8.60. The van der Waals surface area contributed by atoms with Crippen molar-refractivity contribution in [2.24, 2.45) is 11.5 Å². The minimum Gasteiger partial charge on any atom is -0.324 e. The number of hydrogen-bond acceptors (Lipinski definition) is 2. The van der Waals surface area contributed by atoms with Crippen molar-refractivity contribution in [2.75, 3.05) is 0 Å². The topological polar surface area (TPSA) is 52.0 Å². The number of nitrogens with two attached hydrogens (primary N) is 2. The van der Waals surface area contributed by atoms with Gasteiger partial charge < -0.3 is 11.5 Å². The Bertz CT molecular complexity index is 610. The van der Waals surface area contributed by atoms with Crippen LogP contribution in [0.2, 0.25) is 5.02 Å². The average molecular weight is 333 g/mol. The summed E-state index contributed by atoms with van der Waals surface area (Å²) in [4.78, 5) is 0. The highest BCUT2D eigenvalue weighted by Crippen LogP contribution is 2.20. The Kier molecular flexibility index (Phi) is 8.32. The minimum absolute atomic E-state index is 0.140. The van der Waals surface area contributed by atoms with Gasteiger partial charge >= 0.3 is 0 Å². The molecule has 0 unspecified atom stereocenters. The van der Waals surface area contributed by atoms with Crippen molar-refractivity contribution in [1.29, 1.82) is 0 Å². The van der Waals surface area contributed by atoms with Crippen LogP contribution < -0.4 is 11.5 Å². The summed E-state index contributed by atoms with van der Waals surface area (Å²) < 4.78 is 0. The van der Waals surface area contributed by atoms with Crippen molar-refractivity contribution in [3.05, 3.63) is 69.7 Å². The Hall–Kier alpha value is -1.35. The van der Waals surface area contributed by atoms with Gasteiger partial charge in [-0.1, -0.05) is 67.4 Å². The minimum atomic E-state index is 0.140. The van der Waals surface area contributed by atoms with Crippen LogP contribution in [-0.4, -0.2) is 0 Å². The van der Waals surface area contributed by atoms with Crippen molar-refractivity contribution < 1.29 is 0 Å². The normalized spacial score (nSPS) is 13.0. The van der Waals surface area contributed by atoms with Crippen molar-refractivity contribution in [2.45, 2.75) is 52.6 Å². The molecule has 2 aromatic carbocycles. The van der Waals surface area contributed by atoms with Crippen LogP contribution in [0.1, 0.15) is 61.0 Å². The van der Waals surface area contributed by atoms with Gasteiger partial charge in [-0.3, -0.25) is 0 Å². The van der Waals surface area contributed by atoms with E-state index in [1.807, 2.05) is 19.1 Å². The van der Waals surface area contributed by atoms with Gasteiger partial charge in [0.2, 0.25) is 0 Å². The fourth-order valence-corrected chi connectivity index (χ4v) is 2.39. The van der Waals surface area contributed by atoms with E-state index in [9.17, 15) is 0 Å². The predicted octanol–water partition coefficient (Wildman–Crippen LogP) is 5.46. The van der Waals surface area contributed by atoms with E-state index in [2.05, 4.69) is 51.1 Å². The van der Waals surface area contributed by atoms with E-state index >= 15 is 0 Å². The molecule has 2 rings (SSSR count). The number of aryl methyl sites for hydroxylation is 2. The summed E-state index contributed by atoms with van der Waals surface area (Å²) in [5.41, 5.74) is 16.5. The monoisotopic (exact) mass is 332 g/mol. The zero-order chi connectivity index (χ0) is 17.4. The van der Waals surface area contributed by atoms with Crippen LogP contribution in [0.25, 0.3) is 0 Å². The second kappa shape index (κ2) is 9.71. The lowest BCUT2D eigenvalue weighted by molar-refractivity contribution is 0.698. The van der Waals surface area contributed by atoms with E-state index in [0.29, 0.717) is 0 Å². The molecule has 0 amide bonds. The van der Waals surface area contributed by atoms with E-state index in [1.54, 1.807) is 0 Å². The second-order valence-corrected chi connectivity index (χ2v) is 6.36. The van der Waals surface area contributed by atoms with E-state index in [-0.39, 0.29) is 12.1 Å². The zero-order valence-electron chi connectivity index (χ0n) is 14.6. The fourth-order valence-electron chi connectivity index (χ4n) is 2.27. The quantitative estimate of drug-likeness (QED) is 0.780. The first-order valence-electron chi connectivity index (χ1n) is 8.22. The number of rotatable bonds is 4. The third kappa shape index (κ3) is 6.34. The molecule has 3 heteroatoms. The standard InChI is InChI=1S/C10H14ClN.C10H15N/c1-3-10(12)8-4-5-9(11)7(2)6-8;1-3-10(11)9-6-4-5-8(2)7-9/h4-6,10H,3,12H2,1-2H3;4-7,10H,3,11H2,1-2H3/t2*10-/m00/s1. The Balaban J connectivity index is 0.000000231. The second-order valence-electron chi connectivity index (χ2n) is 5.95. The van der Waals surface area contributed by atoms with Gasteiger partial charge in [0.15, 0.2) is 0 Å². The molecule has 2 nitrogen and oxygen atoms in total. The van der Waals surface area contributed by atoms with Crippen LogP contribution in [0, 0.1) is 13.8 Å². The average Bonchev–Trinajstić information content (AvgIpc) is 2.56. The molecule has 0 heterocycles. The lowest BCUT2D eigenvalue weighted by Gasteiger charge is -2.10. The van der Waals surface area contributed by atoms with Crippen LogP contribution in [0.5, 0.6) is 0 Å². The Labute approximate surface area is 145 Å². The molecule has 0 aromatic heterocycles.